The molecular formula is C8H10ClFSi. The van der Waals surface area contributed by atoms with Crippen LogP contribution < -0.4 is 0 Å². The first-order valence-electron chi connectivity index (χ1n) is 3.56. The van der Waals surface area contributed by atoms with E-state index in [4.69, 9.17) is 11.6 Å². The summed E-state index contributed by atoms with van der Waals surface area (Å²) < 4.78 is 12.7. The van der Waals surface area contributed by atoms with Crippen LogP contribution >= 0.6 is 11.6 Å². The summed E-state index contributed by atoms with van der Waals surface area (Å²) in [6.07, 6.45) is 0. The van der Waals surface area contributed by atoms with Crippen LogP contribution in [0.3, 0.4) is 0 Å². The molecule has 0 N–H and O–H groups in total. The van der Waals surface area contributed by atoms with Gasteiger partial charge in [0, 0.05) is 15.3 Å². The summed E-state index contributed by atoms with van der Waals surface area (Å²) in [7, 11) is 1.00. The monoisotopic (exact) mass is 188 g/mol. The van der Waals surface area contributed by atoms with Gasteiger partial charge in [-0.15, -0.1) is 0 Å². The molecule has 0 saturated heterocycles. The zero-order valence-corrected chi connectivity index (χ0v) is 9.32. The van der Waals surface area contributed by atoms with Gasteiger partial charge in [0.1, 0.15) is 5.82 Å². The molecule has 0 spiro atoms. The molecule has 1 atom stereocenters. The van der Waals surface area contributed by atoms with Gasteiger partial charge in [0.2, 0.25) is 0 Å². The first kappa shape index (κ1) is 8.75. The molecule has 0 amide bonds. The Hall–Kier alpha value is -0.343. The minimum absolute atomic E-state index is 0.202. The van der Waals surface area contributed by atoms with Crippen molar-refractivity contribution in [2.45, 2.75) is 12.5 Å². The van der Waals surface area contributed by atoms with Gasteiger partial charge in [0.15, 0.2) is 0 Å². The number of halogens is 2. The van der Waals surface area contributed by atoms with Crippen LogP contribution in [0.5, 0.6) is 0 Å². The summed E-state index contributed by atoms with van der Waals surface area (Å²) in [5.41, 5.74) is 1.34. The average Bonchev–Trinajstić information content (AvgIpc) is 1.94. The first-order valence-corrected chi connectivity index (χ1v) is 5.09. The summed E-state index contributed by atoms with van der Waals surface area (Å²) in [4.78, 5) is 0. The van der Waals surface area contributed by atoms with E-state index >= 15 is 0 Å². The third kappa shape index (κ3) is 2.04. The predicted octanol–water partition coefficient (Wildman–Crippen LogP) is 1.91. The van der Waals surface area contributed by atoms with E-state index in [0.717, 1.165) is 15.8 Å². The second-order valence-corrected chi connectivity index (χ2v) is 4.96. The van der Waals surface area contributed by atoms with Crippen molar-refractivity contribution in [3.05, 3.63) is 34.6 Å². The number of hydrogen-bond donors (Lipinski definition) is 0. The van der Waals surface area contributed by atoms with Crippen LogP contribution in [0.1, 0.15) is 18.0 Å². The molecule has 0 nitrogen and oxygen atoms in total. The van der Waals surface area contributed by atoms with E-state index in [2.05, 4.69) is 0 Å². The highest BCUT2D eigenvalue weighted by Gasteiger charge is 2.04. The van der Waals surface area contributed by atoms with Gasteiger partial charge in [-0.2, -0.15) is 0 Å². The summed E-state index contributed by atoms with van der Waals surface area (Å²) >= 11 is 5.85. The number of rotatable bonds is 1. The van der Waals surface area contributed by atoms with Crippen molar-refractivity contribution in [1.82, 2.24) is 0 Å². The minimum Gasteiger partial charge on any atom is -0.207 e. The van der Waals surface area contributed by atoms with Crippen molar-refractivity contribution in [2.24, 2.45) is 0 Å². The predicted molar refractivity (Wildman–Crippen MR) is 49.8 cm³/mol. The minimum atomic E-state index is -0.202. The van der Waals surface area contributed by atoms with Crippen LogP contribution in [0.4, 0.5) is 4.39 Å². The summed E-state index contributed by atoms with van der Waals surface area (Å²) in [6, 6.07) is 4.51. The first-order chi connectivity index (χ1) is 5.11. The maximum Gasteiger partial charge on any atom is 0.123 e. The van der Waals surface area contributed by atoms with E-state index in [1.54, 1.807) is 6.07 Å². The Balaban J connectivity index is 3.13. The zero-order chi connectivity index (χ0) is 8.43. The molecule has 1 rings (SSSR count). The van der Waals surface area contributed by atoms with E-state index < -0.39 is 0 Å². The quantitative estimate of drug-likeness (QED) is 0.591. The van der Waals surface area contributed by atoms with Gasteiger partial charge in [0.05, 0.1) is 0 Å². The maximum absolute atomic E-state index is 12.7. The molecule has 60 valence electrons. The van der Waals surface area contributed by atoms with E-state index in [1.807, 2.05) is 6.92 Å². The molecule has 1 unspecified atom stereocenters. The Kier molecular flexibility index (Phi) is 2.68. The van der Waals surface area contributed by atoms with Crippen molar-refractivity contribution in [2.75, 3.05) is 0 Å². The fourth-order valence-electron chi connectivity index (χ4n) is 0.957. The van der Waals surface area contributed by atoms with E-state index in [-0.39, 0.29) is 5.82 Å². The molecule has 0 bridgehead atoms. The molecule has 11 heavy (non-hydrogen) atoms. The van der Waals surface area contributed by atoms with Crippen LogP contribution in [-0.2, 0) is 0 Å². The standard InChI is InChI=1S/C8H10ClFSi/c1-5(11)7-4-6(10)2-3-8(7)9/h2-5H,1,11H3. The van der Waals surface area contributed by atoms with Gasteiger partial charge in [-0.05, 0) is 29.3 Å². The lowest BCUT2D eigenvalue weighted by atomic mass is 10.1. The Labute approximate surface area is 73.8 Å². The van der Waals surface area contributed by atoms with Crippen molar-refractivity contribution in [3.63, 3.8) is 0 Å². The molecule has 3 heteroatoms. The molecule has 1 aromatic carbocycles. The van der Waals surface area contributed by atoms with Crippen molar-refractivity contribution in [1.29, 1.82) is 0 Å². The highest BCUT2D eigenvalue weighted by Crippen LogP contribution is 2.22. The van der Waals surface area contributed by atoms with Gasteiger partial charge >= 0.3 is 0 Å². The fraction of sp³-hybridized carbons (Fsp3) is 0.250. The van der Waals surface area contributed by atoms with Gasteiger partial charge in [-0.1, -0.05) is 18.5 Å². The maximum atomic E-state index is 12.7. The molecule has 0 aliphatic rings. The molecular weight excluding hydrogens is 179 g/mol. The second kappa shape index (κ2) is 3.37. The van der Waals surface area contributed by atoms with Gasteiger partial charge in [-0.25, -0.2) is 4.39 Å². The molecule has 0 aromatic heterocycles. The molecule has 0 saturated carbocycles. The lowest BCUT2D eigenvalue weighted by Crippen LogP contribution is -1.93. The van der Waals surface area contributed by atoms with Crippen LogP contribution in [0.2, 0.25) is 5.02 Å². The van der Waals surface area contributed by atoms with E-state index in [0.29, 0.717) is 10.6 Å². The summed E-state index contributed by atoms with van der Waals surface area (Å²) in [5.74, 6) is -0.202. The topological polar surface area (TPSA) is 0 Å². The lowest BCUT2D eigenvalue weighted by molar-refractivity contribution is 0.625. The second-order valence-electron chi connectivity index (χ2n) is 2.82. The van der Waals surface area contributed by atoms with Gasteiger partial charge < -0.3 is 0 Å². The third-order valence-corrected chi connectivity index (χ3v) is 2.55. The largest absolute Gasteiger partial charge is 0.207 e. The molecule has 0 fully saturated rings. The molecule has 0 radical (unpaired) electrons. The molecule has 1 aromatic rings. The smallest absolute Gasteiger partial charge is 0.123 e. The van der Waals surface area contributed by atoms with Gasteiger partial charge in [0.25, 0.3) is 0 Å². The fourth-order valence-corrected chi connectivity index (χ4v) is 1.95. The summed E-state index contributed by atoms with van der Waals surface area (Å²) in [6.45, 7) is 2.05. The number of hydrogen-bond acceptors (Lipinski definition) is 0. The molecule has 0 heterocycles. The Bertz CT molecular complexity index is 260. The third-order valence-electron chi connectivity index (χ3n) is 1.58. The average molecular weight is 189 g/mol. The highest BCUT2D eigenvalue weighted by molar-refractivity contribution is 6.32. The van der Waals surface area contributed by atoms with Crippen LogP contribution in [-0.4, -0.2) is 10.2 Å². The molecule has 0 aliphatic heterocycles. The van der Waals surface area contributed by atoms with Crippen LogP contribution in [0.15, 0.2) is 18.2 Å². The molecule has 0 aliphatic carbocycles. The SMILES string of the molecule is CC([SiH3])c1cc(F)ccc1Cl. The Morgan fingerprint density at radius 2 is 2.18 bits per heavy atom. The highest BCUT2D eigenvalue weighted by atomic mass is 35.5. The number of benzene rings is 1. The Morgan fingerprint density at radius 3 is 2.64 bits per heavy atom. The van der Waals surface area contributed by atoms with Gasteiger partial charge in [-0.3, -0.25) is 0 Å². The normalized spacial score (nSPS) is 13.4. The van der Waals surface area contributed by atoms with Crippen molar-refractivity contribution < 1.29 is 4.39 Å². The van der Waals surface area contributed by atoms with Crippen LogP contribution in [0, 0.1) is 5.82 Å². The van der Waals surface area contributed by atoms with Crippen molar-refractivity contribution >= 4 is 21.8 Å². The zero-order valence-electron chi connectivity index (χ0n) is 6.57. The Morgan fingerprint density at radius 1 is 1.55 bits per heavy atom. The summed E-state index contributed by atoms with van der Waals surface area (Å²) in [5, 5.41) is 0.675. The lowest BCUT2D eigenvalue weighted by Gasteiger charge is -2.06. The van der Waals surface area contributed by atoms with Crippen LogP contribution in [0.25, 0.3) is 0 Å². The van der Waals surface area contributed by atoms with Crippen molar-refractivity contribution in [3.8, 4) is 0 Å². The van der Waals surface area contributed by atoms with E-state index in [9.17, 15) is 4.39 Å². The van der Waals surface area contributed by atoms with E-state index in [1.165, 1.54) is 12.1 Å².